The fraction of sp³-hybridized carbons (Fsp3) is 0.240. The monoisotopic (exact) mass is 516 g/mol. The molecule has 0 spiro atoms. The number of benzene rings is 2. The molecule has 0 N–H and O–H groups in total. The van der Waals surface area contributed by atoms with E-state index in [4.69, 9.17) is 0 Å². The van der Waals surface area contributed by atoms with Crippen LogP contribution in [0.5, 0.6) is 0 Å². The molecule has 0 unspecified atom stereocenters. The van der Waals surface area contributed by atoms with Crippen molar-refractivity contribution in [1.82, 2.24) is 0 Å². The number of halogens is 2. The normalized spacial score (nSPS) is 11.6. The van der Waals surface area contributed by atoms with E-state index < -0.39 is 0 Å². The van der Waals surface area contributed by atoms with E-state index in [0.717, 1.165) is 6.42 Å². The molecular formula is C25H28Cl2SiZr-2. The summed E-state index contributed by atoms with van der Waals surface area (Å²) in [6.45, 7) is 11.0. The Morgan fingerprint density at radius 2 is 1.55 bits per heavy atom. The van der Waals surface area contributed by atoms with E-state index in [2.05, 4.69) is 107 Å². The molecule has 152 valence electrons. The van der Waals surface area contributed by atoms with Gasteiger partial charge in [-0.3, -0.25) is 6.08 Å². The van der Waals surface area contributed by atoms with Gasteiger partial charge in [-0.05, 0) is 5.56 Å². The molecule has 0 saturated heterocycles. The Kier molecular flexibility index (Phi) is 13.9. The molecule has 0 radical (unpaired) electrons. The number of rotatable bonds is 1. The van der Waals surface area contributed by atoms with Crippen LogP contribution in [0.4, 0.5) is 0 Å². The Morgan fingerprint density at radius 1 is 0.931 bits per heavy atom. The molecule has 4 heteroatoms. The van der Waals surface area contributed by atoms with Gasteiger partial charge in [-0.25, -0.2) is 11.6 Å². The van der Waals surface area contributed by atoms with Crippen molar-refractivity contribution in [2.24, 2.45) is 0 Å². The van der Waals surface area contributed by atoms with Crippen LogP contribution >= 0.6 is 0 Å². The largest absolute Gasteiger partial charge is 1.00 e. The molecule has 0 amide bonds. The Morgan fingerprint density at radius 3 is 2.03 bits per heavy atom. The van der Waals surface area contributed by atoms with Gasteiger partial charge in [0, 0.05) is 0 Å². The fourth-order valence-electron chi connectivity index (χ4n) is 2.87. The van der Waals surface area contributed by atoms with Gasteiger partial charge in [0.05, 0.1) is 0 Å². The van der Waals surface area contributed by atoms with Gasteiger partial charge in [-0.15, -0.1) is 47.9 Å². The Bertz CT molecular complexity index is 965. The van der Waals surface area contributed by atoms with Gasteiger partial charge >= 0.3 is 41.9 Å². The summed E-state index contributed by atoms with van der Waals surface area (Å²) in [7, 11) is 0. The van der Waals surface area contributed by atoms with Crippen molar-refractivity contribution >= 4 is 16.2 Å². The van der Waals surface area contributed by atoms with Gasteiger partial charge in [0.2, 0.25) is 0 Å². The second-order valence-electron chi connectivity index (χ2n) is 7.20. The first kappa shape index (κ1) is 28.2. The van der Waals surface area contributed by atoms with Crippen LogP contribution in [-0.2, 0) is 23.3 Å². The number of hydrogen-bond donors (Lipinski definition) is 0. The second kappa shape index (κ2) is 14.3. The summed E-state index contributed by atoms with van der Waals surface area (Å²) in [4.78, 5) is 0. The third-order valence-corrected chi connectivity index (χ3v) is 4.34. The molecule has 4 rings (SSSR count). The third kappa shape index (κ3) is 9.26. The zero-order valence-electron chi connectivity index (χ0n) is 17.8. The molecule has 0 fully saturated rings. The van der Waals surface area contributed by atoms with Crippen LogP contribution < -0.4 is 24.8 Å². The van der Waals surface area contributed by atoms with Crippen molar-refractivity contribution < 1.29 is 48.1 Å². The standard InChI is InChI=1S/C16H13.C7H9.C2H6Si.2ClH.Zr/c1-12-10-14-8-5-9-15(16(14)11-12)13-6-3-2-4-7-13;1-6-4-3-5-7(6)2;1-3-2;;;/h2-11H,1H3;4H,5H2,1-2H3;1-2H3;2*1H;/q2*-1;;;;+2/p-2. The summed E-state index contributed by atoms with van der Waals surface area (Å²) in [5.74, 6) is 0. The summed E-state index contributed by atoms with van der Waals surface area (Å²) in [5.41, 5.74) is 7.01. The molecule has 29 heavy (non-hydrogen) atoms. The van der Waals surface area contributed by atoms with Crippen molar-refractivity contribution in [3.63, 3.8) is 0 Å². The zero-order chi connectivity index (χ0) is 19.8. The van der Waals surface area contributed by atoms with Crippen LogP contribution in [0.1, 0.15) is 25.8 Å². The Hall–Kier alpha value is -0.790. The summed E-state index contributed by atoms with van der Waals surface area (Å²) >= 11 is 1.74. The number of hydrogen-bond acceptors (Lipinski definition) is 0. The van der Waals surface area contributed by atoms with Crippen molar-refractivity contribution in [1.29, 1.82) is 0 Å². The maximum atomic E-state index is 3.12. The molecule has 3 aromatic carbocycles. The molecule has 1 aliphatic carbocycles. The summed E-state index contributed by atoms with van der Waals surface area (Å²) < 4.78 is 0. The minimum absolute atomic E-state index is 0. The molecule has 0 bridgehead atoms. The van der Waals surface area contributed by atoms with Crippen molar-refractivity contribution in [2.75, 3.05) is 0 Å². The van der Waals surface area contributed by atoms with E-state index in [1.165, 1.54) is 38.6 Å². The molecule has 0 heterocycles. The molecule has 0 nitrogen and oxygen atoms in total. The maximum absolute atomic E-state index is 3.12. The minimum Gasteiger partial charge on any atom is -1.00 e. The first-order valence-corrected chi connectivity index (χ1v) is 15.5. The Balaban J connectivity index is 0.000000510. The SMILES string of the molecule is CC1=C(C)C[C-]=C1.C[Si](C)=[Zr+2].Cc1cc2c(-c3ccccc3)cccc2[cH-]1.[Cl-].[Cl-]. The molecule has 1 aliphatic rings. The third-order valence-electron chi connectivity index (χ3n) is 4.34. The molecule has 0 aliphatic heterocycles. The summed E-state index contributed by atoms with van der Waals surface area (Å²) in [6.07, 6.45) is 6.22. The molecule has 3 aromatic rings. The van der Waals surface area contributed by atoms with Crippen LogP contribution in [0.15, 0.2) is 77.9 Å². The summed E-state index contributed by atoms with van der Waals surface area (Å²) in [6, 6.07) is 21.6. The summed E-state index contributed by atoms with van der Waals surface area (Å²) in [5, 5.41) is 2.69. The van der Waals surface area contributed by atoms with E-state index in [-0.39, 0.29) is 30.2 Å². The maximum Gasteiger partial charge on any atom is -0.0279 e. The van der Waals surface area contributed by atoms with Crippen LogP contribution in [0.25, 0.3) is 21.9 Å². The van der Waals surface area contributed by atoms with Crippen molar-refractivity contribution in [3.05, 3.63) is 89.5 Å². The van der Waals surface area contributed by atoms with E-state index in [1.54, 1.807) is 23.3 Å². The van der Waals surface area contributed by atoms with Crippen LogP contribution in [-0.4, -0.2) is 5.43 Å². The van der Waals surface area contributed by atoms with E-state index in [1.807, 2.05) is 0 Å². The van der Waals surface area contributed by atoms with Gasteiger partial charge in [0.25, 0.3) is 0 Å². The topological polar surface area (TPSA) is 0 Å². The van der Waals surface area contributed by atoms with Gasteiger partial charge in [0.1, 0.15) is 0 Å². The molecule has 0 atom stereocenters. The van der Waals surface area contributed by atoms with E-state index in [9.17, 15) is 0 Å². The zero-order valence-corrected chi connectivity index (χ0v) is 22.8. The van der Waals surface area contributed by atoms with E-state index in [0.29, 0.717) is 0 Å². The molecular weight excluding hydrogens is 490 g/mol. The quantitative estimate of drug-likeness (QED) is 0.338. The smallest absolute Gasteiger partial charge is 0.0279 e. The predicted molar refractivity (Wildman–Crippen MR) is 118 cm³/mol. The van der Waals surface area contributed by atoms with Gasteiger partial charge in [-0.1, -0.05) is 55.8 Å². The number of allylic oxidation sites excluding steroid dienone is 4. The number of fused-ring (bicyclic) bond motifs is 1. The second-order valence-corrected chi connectivity index (χ2v) is 16.6. The van der Waals surface area contributed by atoms with E-state index >= 15 is 0 Å². The average Bonchev–Trinajstić information content (AvgIpc) is 3.19. The molecule has 0 saturated carbocycles. The number of aryl methyl sites for hydroxylation is 1. The van der Waals surface area contributed by atoms with Gasteiger partial charge in [0.15, 0.2) is 0 Å². The first-order valence-electron chi connectivity index (χ1n) is 9.34. The minimum atomic E-state index is 0. The Labute approximate surface area is 204 Å². The first-order chi connectivity index (χ1) is 12.9. The van der Waals surface area contributed by atoms with Gasteiger partial charge in [-0.2, -0.15) is 11.6 Å². The fourth-order valence-corrected chi connectivity index (χ4v) is 2.87. The molecule has 0 aromatic heterocycles. The van der Waals surface area contributed by atoms with Crippen LogP contribution in [0, 0.1) is 13.0 Å². The van der Waals surface area contributed by atoms with Crippen LogP contribution in [0.2, 0.25) is 13.1 Å². The van der Waals surface area contributed by atoms with Gasteiger partial charge < -0.3 is 24.8 Å². The van der Waals surface area contributed by atoms with Crippen molar-refractivity contribution in [2.45, 2.75) is 40.3 Å². The average molecular weight is 519 g/mol. The van der Waals surface area contributed by atoms with Crippen molar-refractivity contribution in [3.8, 4) is 11.1 Å². The predicted octanol–water partition coefficient (Wildman–Crippen LogP) is 1.41. The van der Waals surface area contributed by atoms with Crippen LogP contribution in [0.3, 0.4) is 0 Å².